The summed E-state index contributed by atoms with van der Waals surface area (Å²) >= 11 is 0. The number of amides is 1. The van der Waals surface area contributed by atoms with Crippen molar-refractivity contribution in [1.29, 1.82) is 0 Å². The van der Waals surface area contributed by atoms with Gasteiger partial charge in [0.2, 0.25) is 0 Å². The van der Waals surface area contributed by atoms with Gasteiger partial charge in [0.15, 0.2) is 0 Å². The molecule has 114 valence electrons. The van der Waals surface area contributed by atoms with Crippen LogP contribution in [-0.4, -0.2) is 19.6 Å². The first-order valence-electron chi connectivity index (χ1n) is 7.55. The summed E-state index contributed by atoms with van der Waals surface area (Å²) < 4.78 is 5.30. The van der Waals surface area contributed by atoms with E-state index in [9.17, 15) is 4.79 Å². The van der Waals surface area contributed by atoms with Gasteiger partial charge in [0.05, 0.1) is 18.5 Å². The number of methoxy groups -OCH3 is 1. The van der Waals surface area contributed by atoms with Gasteiger partial charge in [-0.2, -0.15) is 0 Å². The topological polar surface area (TPSA) is 41.6 Å². The number of hydrogen-bond acceptors (Lipinski definition) is 3. The molecule has 1 aliphatic rings. The average molecular weight is 296 g/mol. The van der Waals surface area contributed by atoms with E-state index in [1.54, 1.807) is 7.11 Å². The zero-order chi connectivity index (χ0) is 15.5. The number of ether oxygens (including phenoxy) is 1. The zero-order valence-corrected chi connectivity index (χ0v) is 12.9. The molecule has 2 aromatic carbocycles. The number of fused-ring (bicyclic) bond motifs is 1. The van der Waals surface area contributed by atoms with Crippen LogP contribution in [0.5, 0.6) is 5.75 Å². The Morgan fingerprint density at radius 2 is 1.95 bits per heavy atom. The fourth-order valence-corrected chi connectivity index (χ4v) is 2.81. The lowest BCUT2D eigenvalue weighted by Gasteiger charge is -2.35. The Morgan fingerprint density at radius 1 is 1.18 bits per heavy atom. The predicted molar refractivity (Wildman–Crippen MR) is 88.4 cm³/mol. The summed E-state index contributed by atoms with van der Waals surface area (Å²) in [5, 5.41) is 3.35. The predicted octanol–water partition coefficient (Wildman–Crippen LogP) is 3.61. The molecule has 0 spiro atoms. The third kappa shape index (κ3) is 2.52. The number of carbonyl (C=O) groups is 1. The highest BCUT2D eigenvalue weighted by Crippen LogP contribution is 2.38. The first-order chi connectivity index (χ1) is 10.7. The molecule has 2 aromatic rings. The van der Waals surface area contributed by atoms with Gasteiger partial charge >= 0.3 is 0 Å². The maximum absolute atomic E-state index is 12.9. The lowest BCUT2D eigenvalue weighted by molar-refractivity contribution is -0.119. The molecular formula is C18H20N2O2. The van der Waals surface area contributed by atoms with Crippen molar-refractivity contribution >= 4 is 17.3 Å². The van der Waals surface area contributed by atoms with Gasteiger partial charge in [-0.15, -0.1) is 0 Å². The maximum atomic E-state index is 12.9. The standard InChI is InChI=1S/C18H20N2O2/c1-3-11-20-16-10-9-14(22-2)12-15(16)19-17(18(20)21)13-7-5-4-6-8-13/h4-10,12,17,19H,3,11H2,1-2H3. The second-order valence-corrected chi connectivity index (χ2v) is 5.36. The number of hydrogen-bond donors (Lipinski definition) is 1. The van der Waals surface area contributed by atoms with Crippen LogP contribution in [0.15, 0.2) is 48.5 Å². The maximum Gasteiger partial charge on any atom is 0.254 e. The van der Waals surface area contributed by atoms with E-state index in [1.165, 1.54) is 0 Å². The molecule has 0 aromatic heterocycles. The van der Waals surface area contributed by atoms with Crippen molar-refractivity contribution in [2.24, 2.45) is 0 Å². The number of nitrogens with zero attached hydrogens (tertiary/aromatic N) is 1. The van der Waals surface area contributed by atoms with E-state index in [-0.39, 0.29) is 11.9 Å². The summed E-state index contributed by atoms with van der Waals surface area (Å²) in [5.74, 6) is 0.870. The Hall–Kier alpha value is -2.49. The van der Waals surface area contributed by atoms with Crippen LogP contribution < -0.4 is 15.0 Å². The Morgan fingerprint density at radius 3 is 2.64 bits per heavy atom. The molecule has 1 N–H and O–H groups in total. The molecule has 22 heavy (non-hydrogen) atoms. The molecule has 4 nitrogen and oxygen atoms in total. The second kappa shape index (κ2) is 6.10. The quantitative estimate of drug-likeness (QED) is 0.937. The van der Waals surface area contributed by atoms with Crippen LogP contribution in [-0.2, 0) is 4.79 Å². The third-order valence-corrected chi connectivity index (χ3v) is 3.89. The minimum absolute atomic E-state index is 0.0886. The largest absolute Gasteiger partial charge is 0.497 e. The molecule has 0 fully saturated rings. The molecule has 4 heteroatoms. The summed E-state index contributed by atoms with van der Waals surface area (Å²) in [6.45, 7) is 2.79. The Labute approximate surface area is 130 Å². The first-order valence-corrected chi connectivity index (χ1v) is 7.55. The molecular weight excluding hydrogens is 276 g/mol. The van der Waals surface area contributed by atoms with Crippen molar-refractivity contribution < 1.29 is 9.53 Å². The SMILES string of the molecule is CCCN1C(=O)C(c2ccccc2)Nc2cc(OC)ccc21. The number of anilines is 2. The molecule has 0 bridgehead atoms. The van der Waals surface area contributed by atoms with Crippen LogP contribution in [0, 0.1) is 0 Å². The Bertz CT molecular complexity index is 670. The lowest BCUT2D eigenvalue weighted by atomic mass is 10.0. The van der Waals surface area contributed by atoms with Crippen LogP contribution in [0.4, 0.5) is 11.4 Å². The number of carbonyl (C=O) groups excluding carboxylic acids is 1. The van der Waals surface area contributed by atoms with Gasteiger partial charge in [0, 0.05) is 12.6 Å². The third-order valence-electron chi connectivity index (χ3n) is 3.89. The van der Waals surface area contributed by atoms with Gasteiger partial charge in [-0.3, -0.25) is 4.79 Å². The molecule has 1 aliphatic heterocycles. The summed E-state index contributed by atoms with van der Waals surface area (Å²) in [4.78, 5) is 14.7. The van der Waals surface area contributed by atoms with E-state index in [0.29, 0.717) is 6.54 Å². The van der Waals surface area contributed by atoms with Crippen molar-refractivity contribution in [3.8, 4) is 5.75 Å². The van der Waals surface area contributed by atoms with Crippen LogP contribution in [0.3, 0.4) is 0 Å². The number of rotatable bonds is 4. The monoisotopic (exact) mass is 296 g/mol. The van der Waals surface area contributed by atoms with Crippen LogP contribution in [0.25, 0.3) is 0 Å². The molecule has 0 radical (unpaired) electrons. The van der Waals surface area contributed by atoms with Crippen LogP contribution in [0.2, 0.25) is 0 Å². The minimum atomic E-state index is -0.354. The van der Waals surface area contributed by atoms with E-state index < -0.39 is 0 Å². The van der Waals surface area contributed by atoms with E-state index in [2.05, 4.69) is 12.2 Å². The highest BCUT2D eigenvalue weighted by Gasteiger charge is 2.33. The number of benzene rings is 2. The van der Waals surface area contributed by atoms with Gasteiger partial charge < -0.3 is 15.0 Å². The first kappa shape index (κ1) is 14.4. The van der Waals surface area contributed by atoms with Crippen LogP contribution in [0.1, 0.15) is 24.9 Å². The van der Waals surface area contributed by atoms with Crippen molar-refractivity contribution in [2.75, 3.05) is 23.9 Å². The van der Waals surface area contributed by atoms with Crippen molar-refractivity contribution in [1.82, 2.24) is 0 Å². The molecule has 0 saturated carbocycles. The van der Waals surface area contributed by atoms with E-state index in [0.717, 1.165) is 29.1 Å². The molecule has 1 amide bonds. The van der Waals surface area contributed by atoms with Gasteiger partial charge in [0.1, 0.15) is 11.8 Å². The minimum Gasteiger partial charge on any atom is -0.497 e. The van der Waals surface area contributed by atoms with E-state index >= 15 is 0 Å². The van der Waals surface area contributed by atoms with E-state index in [1.807, 2.05) is 53.4 Å². The summed E-state index contributed by atoms with van der Waals surface area (Å²) in [5.41, 5.74) is 2.82. The smallest absolute Gasteiger partial charge is 0.254 e. The zero-order valence-electron chi connectivity index (χ0n) is 12.9. The van der Waals surface area contributed by atoms with Gasteiger partial charge in [-0.25, -0.2) is 0 Å². The fraction of sp³-hybridized carbons (Fsp3) is 0.278. The van der Waals surface area contributed by atoms with Gasteiger partial charge in [-0.1, -0.05) is 37.3 Å². The number of nitrogens with one attached hydrogen (secondary N) is 1. The van der Waals surface area contributed by atoms with E-state index in [4.69, 9.17) is 4.74 Å². The summed E-state index contributed by atoms with van der Waals surface area (Å²) in [6, 6.07) is 15.2. The Kier molecular flexibility index (Phi) is 4.00. The van der Waals surface area contributed by atoms with Crippen molar-refractivity contribution in [3.05, 3.63) is 54.1 Å². The lowest BCUT2D eigenvalue weighted by Crippen LogP contribution is -2.42. The van der Waals surface area contributed by atoms with Crippen molar-refractivity contribution in [3.63, 3.8) is 0 Å². The van der Waals surface area contributed by atoms with Gasteiger partial charge in [0.25, 0.3) is 5.91 Å². The van der Waals surface area contributed by atoms with Gasteiger partial charge in [-0.05, 0) is 24.1 Å². The normalized spacial score (nSPS) is 16.9. The molecule has 1 atom stereocenters. The summed E-state index contributed by atoms with van der Waals surface area (Å²) in [6.07, 6.45) is 0.915. The highest BCUT2D eigenvalue weighted by atomic mass is 16.5. The summed E-state index contributed by atoms with van der Waals surface area (Å²) in [7, 11) is 1.65. The molecule has 0 aliphatic carbocycles. The average Bonchev–Trinajstić information content (AvgIpc) is 2.57. The fourth-order valence-electron chi connectivity index (χ4n) is 2.81. The molecule has 1 unspecified atom stereocenters. The Balaban J connectivity index is 2.04. The molecule has 0 saturated heterocycles. The van der Waals surface area contributed by atoms with Crippen LogP contribution >= 0.6 is 0 Å². The molecule has 3 rings (SSSR count). The highest BCUT2D eigenvalue weighted by molar-refractivity contribution is 6.05. The molecule has 1 heterocycles. The second-order valence-electron chi connectivity index (χ2n) is 5.36. The van der Waals surface area contributed by atoms with Crippen molar-refractivity contribution in [2.45, 2.75) is 19.4 Å².